The molecule has 0 radical (unpaired) electrons. The van der Waals surface area contributed by atoms with E-state index in [4.69, 9.17) is 9.72 Å². The van der Waals surface area contributed by atoms with Crippen molar-refractivity contribution in [3.8, 4) is 5.75 Å². The second kappa shape index (κ2) is 9.32. The Labute approximate surface area is 192 Å². The minimum atomic E-state index is -0.0423. The molecule has 168 valence electrons. The number of hydrogen-bond acceptors (Lipinski definition) is 6. The van der Waals surface area contributed by atoms with Crippen LogP contribution in [0.25, 0.3) is 10.9 Å². The third-order valence-corrected chi connectivity index (χ3v) is 6.19. The molecule has 0 saturated carbocycles. The fraction of sp³-hybridized carbons (Fsp3) is 0.269. The number of ether oxygens (including phenoxy) is 1. The molecule has 33 heavy (non-hydrogen) atoms. The summed E-state index contributed by atoms with van der Waals surface area (Å²) in [4.78, 5) is 26.7. The zero-order valence-corrected chi connectivity index (χ0v) is 18.7. The summed E-state index contributed by atoms with van der Waals surface area (Å²) in [5.41, 5.74) is 3.05. The van der Waals surface area contributed by atoms with Crippen LogP contribution in [0.2, 0.25) is 0 Å². The monoisotopic (exact) mass is 441 g/mol. The van der Waals surface area contributed by atoms with Gasteiger partial charge >= 0.3 is 0 Å². The van der Waals surface area contributed by atoms with Crippen molar-refractivity contribution in [1.82, 2.24) is 14.5 Å². The maximum Gasteiger partial charge on any atom is 0.261 e. The van der Waals surface area contributed by atoms with E-state index >= 15 is 0 Å². The largest absolute Gasteiger partial charge is 0.497 e. The summed E-state index contributed by atoms with van der Waals surface area (Å²) in [5.74, 6) is 1.54. The highest BCUT2D eigenvalue weighted by molar-refractivity contribution is 5.77. The van der Waals surface area contributed by atoms with E-state index in [1.807, 2.05) is 42.6 Å². The Hall–Kier alpha value is -3.87. The lowest BCUT2D eigenvalue weighted by atomic mass is 10.1. The molecule has 0 spiro atoms. The number of methoxy groups -OCH3 is 1. The number of nitrogens with zero attached hydrogens (tertiary/aromatic N) is 5. The Balaban J connectivity index is 1.27. The fourth-order valence-electron chi connectivity index (χ4n) is 4.24. The molecule has 1 fully saturated rings. The van der Waals surface area contributed by atoms with Crippen LogP contribution >= 0.6 is 0 Å². The van der Waals surface area contributed by atoms with Gasteiger partial charge in [-0.3, -0.25) is 4.79 Å². The van der Waals surface area contributed by atoms with Crippen LogP contribution in [0.1, 0.15) is 5.56 Å². The SMILES string of the molecule is COc1ccc(N2CCN(c3ncc4c(=O)n(CCc5ccccc5)ccc4n3)CC2)cc1. The van der Waals surface area contributed by atoms with Crippen LogP contribution in [-0.2, 0) is 13.0 Å². The molecule has 0 N–H and O–H groups in total. The number of hydrogen-bond donors (Lipinski definition) is 0. The number of piperazine rings is 1. The van der Waals surface area contributed by atoms with Gasteiger partial charge in [0.25, 0.3) is 5.56 Å². The molecule has 0 aliphatic carbocycles. The molecular formula is C26H27N5O2. The molecule has 0 amide bonds. The van der Waals surface area contributed by atoms with E-state index in [0.717, 1.165) is 38.3 Å². The van der Waals surface area contributed by atoms with Crippen LogP contribution in [0, 0.1) is 0 Å². The van der Waals surface area contributed by atoms with E-state index in [1.54, 1.807) is 17.9 Å². The van der Waals surface area contributed by atoms with Gasteiger partial charge in [-0.15, -0.1) is 0 Å². The van der Waals surface area contributed by atoms with Gasteiger partial charge in [0.15, 0.2) is 0 Å². The van der Waals surface area contributed by atoms with Crippen molar-refractivity contribution in [3.63, 3.8) is 0 Å². The van der Waals surface area contributed by atoms with E-state index in [2.05, 4.69) is 39.0 Å². The van der Waals surface area contributed by atoms with Crippen molar-refractivity contribution in [1.29, 1.82) is 0 Å². The van der Waals surface area contributed by atoms with E-state index in [-0.39, 0.29) is 5.56 Å². The Kier molecular flexibility index (Phi) is 5.93. The van der Waals surface area contributed by atoms with Gasteiger partial charge in [-0.25, -0.2) is 9.97 Å². The van der Waals surface area contributed by atoms with Crippen LogP contribution < -0.4 is 20.1 Å². The molecule has 1 saturated heterocycles. The number of fused-ring (bicyclic) bond motifs is 1. The lowest BCUT2D eigenvalue weighted by Gasteiger charge is -2.36. The fourth-order valence-corrected chi connectivity index (χ4v) is 4.24. The molecular weight excluding hydrogens is 414 g/mol. The highest BCUT2D eigenvalue weighted by Gasteiger charge is 2.20. The van der Waals surface area contributed by atoms with Gasteiger partial charge in [0.05, 0.1) is 18.0 Å². The minimum absolute atomic E-state index is 0.0423. The van der Waals surface area contributed by atoms with Crippen LogP contribution in [-0.4, -0.2) is 47.8 Å². The van der Waals surface area contributed by atoms with Gasteiger partial charge in [0.2, 0.25) is 5.95 Å². The molecule has 0 unspecified atom stereocenters. The number of benzene rings is 2. The zero-order valence-electron chi connectivity index (χ0n) is 18.7. The summed E-state index contributed by atoms with van der Waals surface area (Å²) in [6.45, 7) is 4.05. The lowest BCUT2D eigenvalue weighted by molar-refractivity contribution is 0.415. The van der Waals surface area contributed by atoms with Crippen LogP contribution in [0.3, 0.4) is 0 Å². The van der Waals surface area contributed by atoms with Gasteiger partial charge in [-0.05, 0) is 42.3 Å². The first-order valence-electron chi connectivity index (χ1n) is 11.3. The summed E-state index contributed by atoms with van der Waals surface area (Å²) < 4.78 is 6.99. The van der Waals surface area contributed by atoms with Crippen molar-refractivity contribution in [2.45, 2.75) is 13.0 Å². The summed E-state index contributed by atoms with van der Waals surface area (Å²) in [5, 5.41) is 0.561. The molecule has 1 aliphatic rings. The van der Waals surface area contributed by atoms with Gasteiger partial charge < -0.3 is 19.1 Å². The highest BCUT2D eigenvalue weighted by atomic mass is 16.5. The normalized spacial score (nSPS) is 14.0. The van der Waals surface area contributed by atoms with Crippen molar-refractivity contribution >= 4 is 22.5 Å². The van der Waals surface area contributed by atoms with Crippen LogP contribution in [0.4, 0.5) is 11.6 Å². The van der Waals surface area contributed by atoms with Crippen molar-refractivity contribution < 1.29 is 4.74 Å². The van der Waals surface area contributed by atoms with Crippen molar-refractivity contribution in [3.05, 3.63) is 89.0 Å². The molecule has 2 aromatic carbocycles. The van der Waals surface area contributed by atoms with Gasteiger partial charge in [-0.1, -0.05) is 30.3 Å². The molecule has 7 heteroatoms. The molecule has 3 heterocycles. The van der Waals surface area contributed by atoms with E-state index in [0.29, 0.717) is 23.4 Å². The predicted octanol–water partition coefficient (Wildman–Crippen LogP) is 3.37. The first kappa shape index (κ1) is 21.0. The third-order valence-electron chi connectivity index (χ3n) is 6.19. The Morgan fingerprint density at radius 3 is 2.36 bits per heavy atom. The molecule has 0 atom stereocenters. The van der Waals surface area contributed by atoms with Gasteiger partial charge in [0, 0.05) is 50.8 Å². The number of aryl methyl sites for hydroxylation is 2. The standard InChI is InChI=1S/C26H27N5O2/c1-33-22-9-7-21(8-10-22)29-15-17-31(18-16-29)26-27-19-23-24(28-26)12-14-30(25(23)32)13-11-20-5-3-2-4-6-20/h2-10,12,14,19H,11,13,15-18H2,1H3. The maximum absolute atomic E-state index is 12.9. The summed E-state index contributed by atoms with van der Waals surface area (Å²) >= 11 is 0. The zero-order chi connectivity index (χ0) is 22.6. The molecule has 0 bridgehead atoms. The minimum Gasteiger partial charge on any atom is -0.497 e. The molecule has 7 nitrogen and oxygen atoms in total. The Bertz CT molecular complexity index is 1280. The first-order chi connectivity index (χ1) is 16.2. The summed E-state index contributed by atoms with van der Waals surface area (Å²) in [7, 11) is 1.68. The number of aromatic nitrogens is 3. The van der Waals surface area contributed by atoms with E-state index in [1.165, 1.54) is 11.3 Å². The second-order valence-electron chi connectivity index (χ2n) is 8.19. The average molecular weight is 442 g/mol. The van der Waals surface area contributed by atoms with Crippen LogP contribution in [0.15, 0.2) is 77.9 Å². The Morgan fingerprint density at radius 1 is 0.909 bits per heavy atom. The topological polar surface area (TPSA) is 63.5 Å². The molecule has 4 aromatic rings. The smallest absolute Gasteiger partial charge is 0.261 e. The quantitative estimate of drug-likeness (QED) is 0.457. The number of rotatable bonds is 6. The lowest BCUT2D eigenvalue weighted by Crippen LogP contribution is -2.47. The highest BCUT2D eigenvalue weighted by Crippen LogP contribution is 2.22. The van der Waals surface area contributed by atoms with E-state index in [9.17, 15) is 4.79 Å². The van der Waals surface area contributed by atoms with Crippen LogP contribution in [0.5, 0.6) is 5.75 Å². The molecule has 5 rings (SSSR count). The first-order valence-corrected chi connectivity index (χ1v) is 11.3. The third kappa shape index (κ3) is 4.53. The number of anilines is 2. The van der Waals surface area contributed by atoms with Gasteiger partial charge in [0.1, 0.15) is 5.75 Å². The average Bonchev–Trinajstić information content (AvgIpc) is 2.89. The second-order valence-corrected chi connectivity index (χ2v) is 8.19. The molecule has 1 aliphatic heterocycles. The van der Waals surface area contributed by atoms with Gasteiger partial charge in [-0.2, -0.15) is 0 Å². The molecule has 2 aromatic heterocycles. The summed E-state index contributed by atoms with van der Waals surface area (Å²) in [6.07, 6.45) is 4.32. The number of pyridine rings is 1. The maximum atomic E-state index is 12.9. The summed E-state index contributed by atoms with van der Waals surface area (Å²) in [6, 6.07) is 20.3. The predicted molar refractivity (Wildman–Crippen MR) is 131 cm³/mol. The van der Waals surface area contributed by atoms with Crippen molar-refractivity contribution in [2.75, 3.05) is 43.1 Å². The Morgan fingerprint density at radius 2 is 1.64 bits per heavy atom. The van der Waals surface area contributed by atoms with Crippen molar-refractivity contribution in [2.24, 2.45) is 0 Å². The van der Waals surface area contributed by atoms with E-state index < -0.39 is 0 Å².